The van der Waals surface area contributed by atoms with Crippen LogP contribution in [0.3, 0.4) is 0 Å². The lowest BCUT2D eigenvalue weighted by Gasteiger charge is -2.34. The molecule has 0 bridgehead atoms. The second-order valence-corrected chi connectivity index (χ2v) is 6.47. The first-order valence-corrected chi connectivity index (χ1v) is 8.35. The molecule has 4 heterocycles. The molecule has 4 rings (SSSR count). The van der Waals surface area contributed by atoms with Crippen LogP contribution in [-0.2, 0) is 4.74 Å². The van der Waals surface area contributed by atoms with Crippen LogP contribution in [0.25, 0.3) is 0 Å². The van der Waals surface area contributed by atoms with E-state index in [-0.39, 0.29) is 18.1 Å². The fraction of sp³-hybridized carbons (Fsp3) is 0.444. The Labute approximate surface area is 140 Å². The number of hydrogen-bond donors (Lipinski definition) is 0. The van der Waals surface area contributed by atoms with Crippen molar-refractivity contribution in [2.24, 2.45) is 5.92 Å². The molecule has 0 aliphatic carbocycles. The van der Waals surface area contributed by atoms with Crippen LogP contribution >= 0.6 is 0 Å². The predicted octanol–water partition coefficient (Wildman–Crippen LogP) is 2.17. The summed E-state index contributed by atoms with van der Waals surface area (Å²) in [5, 5.41) is 0. The van der Waals surface area contributed by atoms with E-state index in [0.717, 1.165) is 30.9 Å². The quantitative estimate of drug-likeness (QED) is 0.847. The molecule has 0 aromatic carbocycles. The van der Waals surface area contributed by atoms with E-state index in [1.165, 1.54) is 0 Å². The maximum Gasteiger partial charge on any atom is 0.255 e. The Morgan fingerprint density at radius 1 is 1.33 bits per heavy atom. The number of likely N-dealkylation sites (tertiary alicyclic amines) is 1. The molecule has 3 atom stereocenters. The molecule has 0 N–H and O–H groups in total. The van der Waals surface area contributed by atoms with E-state index in [2.05, 4.69) is 15.0 Å². The van der Waals surface area contributed by atoms with E-state index >= 15 is 0 Å². The number of amides is 1. The van der Waals surface area contributed by atoms with E-state index in [4.69, 9.17) is 4.74 Å². The Balaban J connectivity index is 1.45. The van der Waals surface area contributed by atoms with Crippen molar-refractivity contribution in [3.63, 3.8) is 0 Å². The number of nitrogens with zero attached hydrogens (tertiary/aromatic N) is 4. The smallest absolute Gasteiger partial charge is 0.255 e. The van der Waals surface area contributed by atoms with Crippen LogP contribution in [-0.4, -0.2) is 45.0 Å². The zero-order valence-corrected chi connectivity index (χ0v) is 13.6. The lowest BCUT2D eigenvalue weighted by molar-refractivity contribution is -0.00569. The number of pyridine rings is 1. The monoisotopic (exact) mass is 324 g/mol. The number of rotatable bonds is 2. The first-order chi connectivity index (χ1) is 11.7. The number of aromatic nitrogens is 3. The number of piperidine rings is 1. The van der Waals surface area contributed by atoms with Crippen molar-refractivity contribution < 1.29 is 9.53 Å². The van der Waals surface area contributed by atoms with Gasteiger partial charge < -0.3 is 9.64 Å². The first kappa shape index (κ1) is 15.2. The van der Waals surface area contributed by atoms with Gasteiger partial charge in [0.15, 0.2) is 0 Å². The van der Waals surface area contributed by atoms with Crippen LogP contribution in [0.15, 0.2) is 36.8 Å². The lowest BCUT2D eigenvalue weighted by Crippen LogP contribution is -2.45. The number of ether oxygens (including phenoxy) is 1. The van der Waals surface area contributed by atoms with Crippen LogP contribution < -0.4 is 0 Å². The van der Waals surface area contributed by atoms with Gasteiger partial charge in [0.2, 0.25) is 0 Å². The molecule has 2 aliphatic heterocycles. The molecule has 0 radical (unpaired) electrons. The molecule has 0 saturated carbocycles. The average Bonchev–Trinajstić information content (AvgIpc) is 3.05. The summed E-state index contributed by atoms with van der Waals surface area (Å²) in [4.78, 5) is 27.1. The topological polar surface area (TPSA) is 68.2 Å². The molecule has 24 heavy (non-hydrogen) atoms. The largest absolute Gasteiger partial charge is 0.367 e. The molecule has 0 spiro atoms. The highest BCUT2D eigenvalue weighted by molar-refractivity contribution is 5.93. The summed E-state index contributed by atoms with van der Waals surface area (Å²) in [7, 11) is 0. The minimum atomic E-state index is 0.00939. The van der Waals surface area contributed by atoms with Crippen molar-refractivity contribution in [1.82, 2.24) is 19.9 Å². The van der Waals surface area contributed by atoms with E-state index in [9.17, 15) is 4.79 Å². The van der Waals surface area contributed by atoms with Gasteiger partial charge in [-0.05, 0) is 43.9 Å². The van der Waals surface area contributed by atoms with Gasteiger partial charge in [-0.15, -0.1) is 0 Å². The van der Waals surface area contributed by atoms with Gasteiger partial charge in [0.05, 0.1) is 17.4 Å². The van der Waals surface area contributed by atoms with E-state index < -0.39 is 0 Å². The lowest BCUT2D eigenvalue weighted by atomic mass is 9.91. The summed E-state index contributed by atoms with van der Waals surface area (Å²) in [5.41, 5.74) is 1.58. The molecule has 0 unspecified atom stereocenters. The third-order valence-corrected chi connectivity index (χ3v) is 4.87. The number of carbonyl (C=O) groups excluding carboxylic acids is 1. The Morgan fingerprint density at radius 3 is 3.04 bits per heavy atom. The van der Waals surface area contributed by atoms with Gasteiger partial charge in [0.1, 0.15) is 11.9 Å². The molecule has 1 amide bonds. The molecule has 124 valence electrons. The van der Waals surface area contributed by atoms with Crippen LogP contribution in [0, 0.1) is 12.8 Å². The van der Waals surface area contributed by atoms with Crippen molar-refractivity contribution in [2.75, 3.05) is 13.1 Å². The molecule has 2 aromatic rings. The molecule has 6 nitrogen and oxygen atoms in total. The highest BCUT2D eigenvalue weighted by atomic mass is 16.5. The van der Waals surface area contributed by atoms with Crippen molar-refractivity contribution in [3.8, 4) is 0 Å². The second-order valence-electron chi connectivity index (χ2n) is 6.47. The van der Waals surface area contributed by atoms with E-state index in [1.54, 1.807) is 24.7 Å². The Kier molecular flexibility index (Phi) is 3.98. The average molecular weight is 324 g/mol. The minimum Gasteiger partial charge on any atom is -0.367 e. The summed E-state index contributed by atoms with van der Waals surface area (Å²) in [6, 6.07) is 5.52. The summed E-state index contributed by atoms with van der Waals surface area (Å²) in [6.45, 7) is 3.30. The van der Waals surface area contributed by atoms with Gasteiger partial charge in [-0.3, -0.25) is 9.78 Å². The Bertz CT molecular complexity index is 737. The Hall–Kier alpha value is -2.34. The van der Waals surface area contributed by atoms with Gasteiger partial charge >= 0.3 is 0 Å². The fourth-order valence-corrected chi connectivity index (χ4v) is 3.63. The molecule has 2 aromatic heterocycles. The first-order valence-electron chi connectivity index (χ1n) is 8.35. The van der Waals surface area contributed by atoms with Crippen LogP contribution in [0.5, 0.6) is 0 Å². The van der Waals surface area contributed by atoms with E-state index in [0.29, 0.717) is 18.0 Å². The number of aryl methyl sites for hydroxylation is 1. The maximum absolute atomic E-state index is 12.6. The Morgan fingerprint density at radius 2 is 2.25 bits per heavy atom. The van der Waals surface area contributed by atoms with E-state index in [1.807, 2.05) is 24.0 Å². The maximum atomic E-state index is 12.6. The normalized spacial score (nSPS) is 26.2. The molecular formula is C18H20N4O2. The van der Waals surface area contributed by atoms with Gasteiger partial charge in [-0.25, -0.2) is 9.97 Å². The minimum absolute atomic E-state index is 0.00939. The highest BCUT2D eigenvalue weighted by Crippen LogP contribution is 2.40. The zero-order chi connectivity index (χ0) is 16.5. The molecule has 2 fully saturated rings. The van der Waals surface area contributed by atoms with Crippen molar-refractivity contribution >= 4 is 5.91 Å². The summed E-state index contributed by atoms with van der Waals surface area (Å²) in [6.07, 6.45) is 7.11. The van der Waals surface area contributed by atoms with Crippen molar-refractivity contribution in [3.05, 3.63) is 53.9 Å². The van der Waals surface area contributed by atoms with Crippen LogP contribution in [0.1, 0.15) is 40.8 Å². The SMILES string of the molecule is Cc1nccc([C@H]2C[C@@H]3CCN(C(=O)c4cccnc4)C[C@H]3O2)n1. The fourth-order valence-electron chi connectivity index (χ4n) is 3.63. The molecule has 6 heteroatoms. The predicted molar refractivity (Wildman–Crippen MR) is 87.2 cm³/mol. The van der Waals surface area contributed by atoms with Crippen LogP contribution in [0.4, 0.5) is 0 Å². The summed E-state index contributed by atoms with van der Waals surface area (Å²) >= 11 is 0. The highest BCUT2D eigenvalue weighted by Gasteiger charge is 2.41. The standard InChI is InChI=1S/C18H20N4O2/c1-12-20-7-4-15(21-12)16-9-13-5-8-22(11-17(13)24-16)18(23)14-3-2-6-19-10-14/h2-4,6-7,10,13,16-17H,5,8-9,11H2,1H3/t13-,16+,17+/m0/s1. The van der Waals surface area contributed by atoms with Crippen molar-refractivity contribution in [2.45, 2.75) is 32.0 Å². The summed E-state index contributed by atoms with van der Waals surface area (Å²) < 4.78 is 6.22. The van der Waals surface area contributed by atoms with Gasteiger partial charge in [0.25, 0.3) is 5.91 Å². The van der Waals surface area contributed by atoms with Gasteiger partial charge in [-0.1, -0.05) is 0 Å². The van der Waals surface area contributed by atoms with Gasteiger partial charge in [-0.2, -0.15) is 0 Å². The number of carbonyl (C=O) groups is 1. The van der Waals surface area contributed by atoms with Gasteiger partial charge in [0, 0.05) is 31.7 Å². The number of fused-ring (bicyclic) bond motifs is 1. The third kappa shape index (κ3) is 2.89. The molecular weight excluding hydrogens is 304 g/mol. The molecule has 2 aliphatic rings. The second kappa shape index (κ2) is 6.28. The third-order valence-electron chi connectivity index (χ3n) is 4.87. The van der Waals surface area contributed by atoms with Crippen molar-refractivity contribution in [1.29, 1.82) is 0 Å². The van der Waals surface area contributed by atoms with Crippen LogP contribution in [0.2, 0.25) is 0 Å². The number of hydrogen-bond acceptors (Lipinski definition) is 5. The molecule has 2 saturated heterocycles. The zero-order valence-electron chi connectivity index (χ0n) is 13.6. The summed E-state index contributed by atoms with van der Waals surface area (Å²) in [5.74, 6) is 1.29.